The van der Waals surface area contributed by atoms with E-state index < -0.39 is 23.8 Å². The van der Waals surface area contributed by atoms with Gasteiger partial charge >= 0.3 is 0 Å². The van der Waals surface area contributed by atoms with Crippen LogP contribution in [0.1, 0.15) is 22.8 Å². The molecule has 1 saturated heterocycles. The highest BCUT2D eigenvalue weighted by molar-refractivity contribution is 6.07. The van der Waals surface area contributed by atoms with E-state index in [-0.39, 0.29) is 18.7 Å². The molecule has 0 aromatic carbocycles. The largest absolute Gasteiger partial charge is 0.384 e. The smallest absolute Gasteiger partial charge is 0.256 e. The van der Waals surface area contributed by atoms with Crippen LogP contribution in [-0.2, 0) is 9.59 Å². The number of hydrogen-bond donors (Lipinski definition) is 2. The molecule has 1 aliphatic heterocycles. The quantitative estimate of drug-likeness (QED) is 0.505. The first-order valence-electron chi connectivity index (χ1n) is 6.23. The molecule has 0 spiro atoms. The summed E-state index contributed by atoms with van der Waals surface area (Å²) in [7, 11) is 0. The minimum absolute atomic E-state index is 0.194. The molecule has 2 rings (SSSR count). The summed E-state index contributed by atoms with van der Waals surface area (Å²) in [5.74, 6) is 3.55. The Balaban J connectivity index is 2.35. The van der Waals surface area contributed by atoms with Crippen LogP contribution >= 0.6 is 0 Å². The molecule has 1 fully saturated rings. The lowest BCUT2D eigenvalue weighted by atomic mass is 10.1. The van der Waals surface area contributed by atoms with Crippen molar-refractivity contribution in [1.29, 1.82) is 0 Å². The first-order chi connectivity index (χ1) is 10.0. The molecule has 2 N–H and O–H groups in total. The number of piperazine rings is 1. The summed E-state index contributed by atoms with van der Waals surface area (Å²) in [6, 6.07) is 0.718. The molecule has 1 atom stereocenters. The highest BCUT2D eigenvalue weighted by Crippen LogP contribution is 2.14. The van der Waals surface area contributed by atoms with E-state index in [9.17, 15) is 14.4 Å². The Morgan fingerprint density at radius 3 is 3.05 bits per heavy atom. The van der Waals surface area contributed by atoms with Crippen molar-refractivity contribution in [3.8, 4) is 11.8 Å². The predicted molar refractivity (Wildman–Crippen MR) is 71.8 cm³/mol. The molecule has 7 nitrogen and oxygen atoms in total. The summed E-state index contributed by atoms with van der Waals surface area (Å²) in [5.41, 5.74) is 0.572. The van der Waals surface area contributed by atoms with Crippen LogP contribution in [0.15, 0.2) is 18.5 Å². The number of carbonyl (C=O) groups excluding carboxylic acids is 3. The maximum Gasteiger partial charge on any atom is 0.256 e. The molecule has 0 saturated carbocycles. The zero-order valence-corrected chi connectivity index (χ0v) is 11.3. The minimum Gasteiger partial charge on any atom is -0.384 e. The third-order valence-electron chi connectivity index (χ3n) is 3.04. The van der Waals surface area contributed by atoms with Gasteiger partial charge in [-0.15, -0.1) is 0 Å². The number of aromatic nitrogens is 1. The zero-order valence-electron chi connectivity index (χ0n) is 11.3. The van der Waals surface area contributed by atoms with Gasteiger partial charge in [0, 0.05) is 12.4 Å². The van der Waals surface area contributed by atoms with E-state index in [1.54, 1.807) is 6.92 Å². The second-order valence-electron chi connectivity index (χ2n) is 4.40. The Morgan fingerprint density at radius 2 is 2.33 bits per heavy atom. The Labute approximate surface area is 121 Å². The Bertz CT molecular complexity index is 660. The topological polar surface area (TPSA) is 99.6 Å². The molecule has 0 bridgehead atoms. The van der Waals surface area contributed by atoms with Gasteiger partial charge in [-0.25, -0.2) is 0 Å². The van der Waals surface area contributed by atoms with Gasteiger partial charge in [0.2, 0.25) is 11.8 Å². The molecule has 108 valence electrons. The molecular weight excluding hydrogens is 274 g/mol. The highest BCUT2D eigenvalue weighted by atomic mass is 16.2. The van der Waals surface area contributed by atoms with E-state index in [4.69, 9.17) is 5.11 Å². The third-order valence-corrected chi connectivity index (χ3v) is 3.04. The Kier molecular flexibility index (Phi) is 4.30. The van der Waals surface area contributed by atoms with Crippen LogP contribution in [0, 0.1) is 11.8 Å². The van der Waals surface area contributed by atoms with Crippen molar-refractivity contribution in [2.75, 3.05) is 13.2 Å². The average Bonchev–Trinajstić information content (AvgIpc) is 2.48. The standard InChI is InChI=1S/C14H13N3O4/c1-9-13(20)16-12(19)8-17(9)14(21)11-4-5-15-7-10(11)3-2-6-18/h4-5,7,9,18H,6,8H2,1H3,(H,16,19,20). The van der Waals surface area contributed by atoms with Crippen molar-refractivity contribution in [1.82, 2.24) is 15.2 Å². The summed E-state index contributed by atoms with van der Waals surface area (Å²) in [6.45, 7) is 1.00. The number of hydrogen-bond acceptors (Lipinski definition) is 5. The number of carbonyl (C=O) groups is 3. The number of nitrogens with zero attached hydrogens (tertiary/aromatic N) is 2. The number of imide groups is 1. The monoisotopic (exact) mass is 287 g/mol. The van der Waals surface area contributed by atoms with Crippen LogP contribution in [0.5, 0.6) is 0 Å². The van der Waals surface area contributed by atoms with Gasteiger partial charge in [0.15, 0.2) is 0 Å². The number of aliphatic hydroxyl groups excluding tert-OH is 1. The summed E-state index contributed by atoms with van der Waals surface area (Å²) in [6.07, 6.45) is 2.82. The van der Waals surface area contributed by atoms with Gasteiger partial charge in [0.25, 0.3) is 5.91 Å². The fourth-order valence-electron chi connectivity index (χ4n) is 1.93. The molecule has 21 heavy (non-hydrogen) atoms. The van der Waals surface area contributed by atoms with E-state index in [1.807, 2.05) is 0 Å². The number of aliphatic hydroxyl groups is 1. The second kappa shape index (κ2) is 6.15. The minimum atomic E-state index is -0.748. The van der Waals surface area contributed by atoms with Crippen molar-refractivity contribution >= 4 is 17.7 Å². The van der Waals surface area contributed by atoms with Crippen LogP contribution < -0.4 is 5.32 Å². The number of amides is 3. The van der Waals surface area contributed by atoms with Crippen molar-refractivity contribution in [2.24, 2.45) is 0 Å². The van der Waals surface area contributed by atoms with Gasteiger partial charge in [0.1, 0.15) is 19.2 Å². The maximum absolute atomic E-state index is 12.5. The summed E-state index contributed by atoms with van der Waals surface area (Å²) < 4.78 is 0. The van der Waals surface area contributed by atoms with Crippen LogP contribution in [0.4, 0.5) is 0 Å². The van der Waals surface area contributed by atoms with E-state index in [1.165, 1.54) is 23.4 Å². The average molecular weight is 287 g/mol. The number of nitrogens with one attached hydrogen (secondary N) is 1. The molecule has 0 radical (unpaired) electrons. The first-order valence-corrected chi connectivity index (χ1v) is 6.23. The normalized spacial score (nSPS) is 17.8. The molecule has 2 heterocycles. The van der Waals surface area contributed by atoms with Crippen molar-refractivity contribution in [3.63, 3.8) is 0 Å². The van der Waals surface area contributed by atoms with Gasteiger partial charge in [-0.2, -0.15) is 0 Å². The van der Waals surface area contributed by atoms with E-state index in [0.717, 1.165) is 0 Å². The molecule has 3 amide bonds. The summed E-state index contributed by atoms with van der Waals surface area (Å²) in [4.78, 5) is 40.6. The van der Waals surface area contributed by atoms with Gasteiger partial charge in [-0.3, -0.25) is 24.7 Å². The summed E-state index contributed by atoms with van der Waals surface area (Å²) in [5, 5.41) is 10.9. The Morgan fingerprint density at radius 1 is 1.57 bits per heavy atom. The molecular formula is C14H13N3O4. The Hall–Kier alpha value is -2.72. The lowest BCUT2D eigenvalue weighted by Crippen LogP contribution is -2.58. The maximum atomic E-state index is 12.5. The van der Waals surface area contributed by atoms with Crippen LogP contribution in [-0.4, -0.2) is 51.9 Å². The predicted octanol–water partition coefficient (Wildman–Crippen LogP) is -1.09. The summed E-state index contributed by atoms with van der Waals surface area (Å²) >= 11 is 0. The molecule has 1 aromatic heterocycles. The SMILES string of the molecule is CC1C(=O)NC(=O)CN1C(=O)c1ccncc1C#CCO. The molecule has 1 aliphatic rings. The molecule has 1 aromatic rings. The lowest BCUT2D eigenvalue weighted by molar-refractivity contribution is -0.138. The second-order valence-corrected chi connectivity index (χ2v) is 4.40. The fourth-order valence-corrected chi connectivity index (χ4v) is 1.93. The highest BCUT2D eigenvalue weighted by Gasteiger charge is 2.34. The van der Waals surface area contributed by atoms with Crippen LogP contribution in [0.25, 0.3) is 0 Å². The number of pyridine rings is 1. The van der Waals surface area contributed by atoms with Crippen molar-refractivity contribution < 1.29 is 19.5 Å². The van der Waals surface area contributed by atoms with Gasteiger partial charge in [0.05, 0.1) is 11.1 Å². The molecule has 1 unspecified atom stereocenters. The van der Waals surface area contributed by atoms with Crippen LogP contribution in [0.3, 0.4) is 0 Å². The molecule has 0 aliphatic carbocycles. The van der Waals surface area contributed by atoms with Crippen molar-refractivity contribution in [2.45, 2.75) is 13.0 Å². The fraction of sp³-hybridized carbons (Fsp3) is 0.286. The van der Waals surface area contributed by atoms with Gasteiger partial charge in [-0.1, -0.05) is 11.8 Å². The van der Waals surface area contributed by atoms with Gasteiger partial charge in [-0.05, 0) is 13.0 Å². The van der Waals surface area contributed by atoms with Crippen molar-refractivity contribution in [3.05, 3.63) is 29.6 Å². The van der Waals surface area contributed by atoms with Gasteiger partial charge < -0.3 is 10.0 Å². The third kappa shape index (κ3) is 3.07. The number of rotatable bonds is 1. The lowest BCUT2D eigenvalue weighted by Gasteiger charge is -2.31. The van der Waals surface area contributed by atoms with E-state index >= 15 is 0 Å². The van der Waals surface area contributed by atoms with E-state index in [2.05, 4.69) is 22.1 Å². The molecule has 7 heteroatoms. The zero-order chi connectivity index (χ0) is 15.4. The van der Waals surface area contributed by atoms with E-state index in [0.29, 0.717) is 5.56 Å². The van der Waals surface area contributed by atoms with Crippen LogP contribution in [0.2, 0.25) is 0 Å². The first kappa shape index (κ1) is 14.7.